The van der Waals surface area contributed by atoms with Crippen LogP contribution in [0.15, 0.2) is 24.3 Å². The molecule has 1 atom stereocenters. The molecule has 1 aromatic carbocycles. The number of rotatable bonds is 3. The van der Waals surface area contributed by atoms with Gasteiger partial charge in [0.1, 0.15) is 5.75 Å². The van der Waals surface area contributed by atoms with Crippen LogP contribution in [0.25, 0.3) is 0 Å². The van der Waals surface area contributed by atoms with Crippen LogP contribution in [0.2, 0.25) is 0 Å². The summed E-state index contributed by atoms with van der Waals surface area (Å²) in [6, 6.07) is 9.08. The number of hydrogen-bond donors (Lipinski definition) is 1. The van der Waals surface area contributed by atoms with Gasteiger partial charge in [-0.15, -0.1) is 0 Å². The number of benzene rings is 1. The average molecular weight is 275 g/mol. The lowest BCUT2D eigenvalue weighted by Crippen LogP contribution is -2.54. The van der Waals surface area contributed by atoms with Crippen molar-refractivity contribution < 1.29 is 4.74 Å². The van der Waals surface area contributed by atoms with Gasteiger partial charge in [0.15, 0.2) is 0 Å². The summed E-state index contributed by atoms with van der Waals surface area (Å²) in [5, 5.41) is 3.52. The fourth-order valence-electron chi connectivity index (χ4n) is 3.36. The molecule has 0 spiro atoms. The zero-order valence-electron chi connectivity index (χ0n) is 12.3. The first-order valence-corrected chi connectivity index (χ1v) is 7.71. The Bertz CT molecular complexity index is 423. The minimum atomic E-state index is 0.739. The molecule has 2 heterocycles. The summed E-state index contributed by atoms with van der Waals surface area (Å²) in [6.07, 6.45) is 2.67. The molecule has 0 bridgehead atoms. The molecule has 1 aromatic rings. The van der Waals surface area contributed by atoms with E-state index in [1.54, 1.807) is 7.11 Å². The fraction of sp³-hybridized carbons (Fsp3) is 0.625. The van der Waals surface area contributed by atoms with Gasteiger partial charge in [0.05, 0.1) is 12.8 Å². The van der Waals surface area contributed by atoms with Crippen molar-refractivity contribution in [2.75, 3.05) is 51.3 Å². The van der Waals surface area contributed by atoms with Crippen LogP contribution in [-0.4, -0.2) is 57.3 Å². The topological polar surface area (TPSA) is 27.7 Å². The van der Waals surface area contributed by atoms with Gasteiger partial charge in [-0.3, -0.25) is 4.90 Å². The highest BCUT2D eigenvalue weighted by Gasteiger charge is 2.25. The molecule has 4 nitrogen and oxygen atoms in total. The summed E-state index contributed by atoms with van der Waals surface area (Å²) in [4.78, 5) is 5.10. The third-order valence-corrected chi connectivity index (χ3v) is 4.53. The minimum Gasteiger partial charge on any atom is -0.495 e. The van der Waals surface area contributed by atoms with Gasteiger partial charge in [-0.1, -0.05) is 12.1 Å². The van der Waals surface area contributed by atoms with Crippen molar-refractivity contribution in [1.82, 2.24) is 10.2 Å². The van der Waals surface area contributed by atoms with Gasteiger partial charge in [-0.05, 0) is 31.5 Å². The maximum atomic E-state index is 5.48. The Morgan fingerprint density at radius 2 is 1.95 bits per heavy atom. The van der Waals surface area contributed by atoms with Crippen molar-refractivity contribution in [3.63, 3.8) is 0 Å². The molecule has 0 unspecified atom stereocenters. The summed E-state index contributed by atoms with van der Waals surface area (Å²) in [6.45, 7) is 6.86. The van der Waals surface area contributed by atoms with Crippen molar-refractivity contribution in [2.45, 2.75) is 18.9 Å². The smallest absolute Gasteiger partial charge is 0.142 e. The molecule has 1 N–H and O–H groups in total. The number of nitrogens with zero attached hydrogens (tertiary/aromatic N) is 2. The second-order valence-corrected chi connectivity index (χ2v) is 5.70. The minimum absolute atomic E-state index is 0.739. The molecule has 0 radical (unpaired) electrons. The van der Waals surface area contributed by atoms with Crippen LogP contribution in [0, 0.1) is 0 Å². The van der Waals surface area contributed by atoms with E-state index < -0.39 is 0 Å². The standard InChI is InChI=1S/C16H25N3O/c1-20-16-7-3-2-6-15(16)19-11-9-18(10-12-19)14-5-4-8-17-13-14/h2-3,6-7,14,17H,4-5,8-13H2,1H3/t14-/m0/s1. The summed E-state index contributed by atoms with van der Waals surface area (Å²) in [5.41, 5.74) is 1.23. The first-order chi connectivity index (χ1) is 9.88. The predicted molar refractivity (Wildman–Crippen MR) is 82.7 cm³/mol. The normalized spacial score (nSPS) is 24.6. The van der Waals surface area contributed by atoms with Crippen molar-refractivity contribution in [1.29, 1.82) is 0 Å². The second kappa shape index (κ2) is 6.46. The Balaban J connectivity index is 1.60. The van der Waals surface area contributed by atoms with Crippen LogP contribution < -0.4 is 15.0 Å². The molecular weight excluding hydrogens is 250 g/mol. The largest absolute Gasteiger partial charge is 0.495 e. The van der Waals surface area contributed by atoms with Crippen molar-refractivity contribution in [3.8, 4) is 5.75 Å². The first kappa shape index (κ1) is 13.7. The average Bonchev–Trinajstić information content (AvgIpc) is 2.56. The van der Waals surface area contributed by atoms with Crippen LogP contribution >= 0.6 is 0 Å². The molecule has 0 aromatic heterocycles. The fourth-order valence-corrected chi connectivity index (χ4v) is 3.36. The number of para-hydroxylation sites is 2. The molecule has 2 aliphatic rings. The van der Waals surface area contributed by atoms with Crippen molar-refractivity contribution in [3.05, 3.63) is 24.3 Å². The van der Waals surface area contributed by atoms with E-state index in [-0.39, 0.29) is 0 Å². The summed E-state index contributed by atoms with van der Waals surface area (Å²) in [7, 11) is 1.75. The van der Waals surface area contributed by atoms with Gasteiger partial charge in [0.2, 0.25) is 0 Å². The lowest BCUT2D eigenvalue weighted by Gasteiger charge is -2.41. The van der Waals surface area contributed by atoms with Crippen LogP contribution in [0.5, 0.6) is 5.75 Å². The van der Waals surface area contributed by atoms with E-state index >= 15 is 0 Å². The Labute approximate surface area is 121 Å². The number of piperazine rings is 1. The first-order valence-electron chi connectivity index (χ1n) is 7.71. The number of anilines is 1. The molecule has 2 fully saturated rings. The molecule has 20 heavy (non-hydrogen) atoms. The Morgan fingerprint density at radius 1 is 1.15 bits per heavy atom. The summed E-state index contributed by atoms with van der Waals surface area (Å²) in [5.74, 6) is 0.986. The van der Waals surface area contributed by atoms with E-state index in [0.717, 1.165) is 44.5 Å². The lowest BCUT2D eigenvalue weighted by molar-refractivity contribution is 0.157. The van der Waals surface area contributed by atoms with Crippen molar-refractivity contribution >= 4 is 5.69 Å². The van der Waals surface area contributed by atoms with Gasteiger partial charge in [-0.2, -0.15) is 0 Å². The Hall–Kier alpha value is -1.26. The SMILES string of the molecule is COc1ccccc1N1CCN([C@H]2CCCNC2)CC1. The molecular formula is C16H25N3O. The molecule has 2 saturated heterocycles. The van der Waals surface area contributed by atoms with Crippen LogP contribution in [0.3, 0.4) is 0 Å². The molecule has 0 saturated carbocycles. The molecule has 4 heteroatoms. The van der Waals surface area contributed by atoms with Crippen LogP contribution in [-0.2, 0) is 0 Å². The monoisotopic (exact) mass is 275 g/mol. The maximum Gasteiger partial charge on any atom is 0.142 e. The molecule has 110 valence electrons. The number of hydrogen-bond acceptors (Lipinski definition) is 4. The summed E-state index contributed by atoms with van der Waals surface area (Å²) < 4.78 is 5.48. The zero-order valence-corrected chi connectivity index (χ0v) is 12.3. The third kappa shape index (κ3) is 2.91. The van der Waals surface area contributed by atoms with Crippen LogP contribution in [0.1, 0.15) is 12.8 Å². The van der Waals surface area contributed by atoms with Crippen molar-refractivity contribution in [2.24, 2.45) is 0 Å². The second-order valence-electron chi connectivity index (χ2n) is 5.70. The quantitative estimate of drug-likeness (QED) is 0.906. The van der Waals surface area contributed by atoms with Gasteiger partial charge in [-0.25, -0.2) is 0 Å². The maximum absolute atomic E-state index is 5.48. The summed E-state index contributed by atoms with van der Waals surface area (Å²) >= 11 is 0. The van der Waals surface area contributed by atoms with Gasteiger partial charge in [0, 0.05) is 38.8 Å². The van der Waals surface area contributed by atoms with Crippen LogP contribution in [0.4, 0.5) is 5.69 Å². The van der Waals surface area contributed by atoms with Gasteiger partial charge < -0.3 is 15.0 Å². The molecule has 3 rings (SSSR count). The van der Waals surface area contributed by atoms with E-state index in [1.165, 1.54) is 25.1 Å². The third-order valence-electron chi connectivity index (χ3n) is 4.53. The highest BCUT2D eigenvalue weighted by molar-refractivity contribution is 5.58. The molecule has 0 aliphatic carbocycles. The highest BCUT2D eigenvalue weighted by atomic mass is 16.5. The number of nitrogens with one attached hydrogen (secondary N) is 1. The van der Waals surface area contributed by atoms with E-state index in [9.17, 15) is 0 Å². The predicted octanol–water partition coefficient (Wildman–Crippen LogP) is 1.57. The van der Waals surface area contributed by atoms with E-state index in [4.69, 9.17) is 4.74 Å². The Kier molecular flexibility index (Phi) is 4.43. The Morgan fingerprint density at radius 3 is 2.65 bits per heavy atom. The highest BCUT2D eigenvalue weighted by Crippen LogP contribution is 2.28. The lowest BCUT2D eigenvalue weighted by atomic mass is 10.0. The number of ether oxygens (including phenoxy) is 1. The molecule has 2 aliphatic heterocycles. The van der Waals surface area contributed by atoms with Gasteiger partial charge in [0.25, 0.3) is 0 Å². The van der Waals surface area contributed by atoms with E-state index in [2.05, 4.69) is 27.2 Å². The van der Waals surface area contributed by atoms with E-state index in [1.807, 2.05) is 12.1 Å². The number of methoxy groups -OCH3 is 1. The molecule has 0 amide bonds. The number of piperidine rings is 1. The zero-order chi connectivity index (χ0) is 13.8. The van der Waals surface area contributed by atoms with E-state index in [0.29, 0.717) is 0 Å². The van der Waals surface area contributed by atoms with Gasteiger partial charge >= 0.3 is 0 Å².